The molecule has 0 aliphatic carbocycles. The van der Waals surface area contributed by atoms with Gasteiger partial charge in [0, 0.05) is 43.2 Å². The Morgan fingerprint density at radius 1 is 1.06 bits per heavy atom. The molecule has 2 heterocycles. The molecule has 1 saturated heterocycles. The Kier molecular flexibility index (Phi) is 6.72. The molecule has 1 aliphatic rings. The van der Waals surface area contributed by atoms with Gasteiger partial charge in [-0.15, -0.1) is 0 Å². The molecule has 0 spiro atoms. The first-order chi connectivity index (χ1) is 16.7. The molecule has 1 aliphatic heterocycles. The van der Waals surface area contributed by atoms with Gasteiger partial charge in [0.05, 0.1) is 7.11 Å². The molecule has 174 valence electrons. The van der Waals surface area contributed by atoms with E-state index < -0.39 is 0 Å². The van der Waals surface area contributed by atoms with E-state index in [2.05, 4.69) is 26.7 Å². The molecule has 1 N–H and O–H groups in total. The van der Waals surface area contributed by atoms with Gasteiger partial charge in [0.1, 0.15) is 11.6 Å². The van der Waals surface area contributed by atoms with E-state index >= 15 is 0 Å². The molecule has 0 unspecified atom stereocenters. The Morgan fingerprint density at radius 2 is 1.88 bits per heavy atom. The summed E-state index contributed by atoms with van der Waals surface area (Å²) in [6, 6.07) is 22.0. The molecule has 6 nitrogen and oxygen atoms in total. The lowest BCUT2D eigenvalue weighted by Gasteiger charge is -2.31. The summed E-state index contributed by atoms with van der Waals surface area (Å²) < 4.78 is 9.87. The number of ether oxygens (including phenoxy) is 1. The number of fused-ring (bicyclic) bond motifs is 1. The van der Waals surface area contributed by atoms with E-state index in [1.54, 1.807) is 7.11 Å². The van der Waals surface area contributed by atoms with E-state index in [1.165, 1.54) is 11.5 Å². The summed E-state index contributed by atoms with van der Waals surface area (Å²) in [7, 11) is 1.68. The smallest absolute Gasteiger partial charge is 0.251 e. The fraction of sp³-hybridized carbons (Fsp3) is 0.296. The average Bonchev–Trinajstić information content (AvgIpc) is 3.35. The number of benzene rings is 3. The van der Waals surface area contributed by atoms with Crippen LogP contribution < -0.4 is 15.0 Å². The number of carbonyl (C=O) groups is 1. The zero-order valence-corrected chi connectivity index (χ0v) is 20.1. The molecule has 34 heavy (non-hydrogen) atoms. The number of aromatic nitrogens is 2. The molecule has 1 amide bonds. The van der Waals surface area contributed by atoms with E-state index in [1.807, 2.05) is 54.6 Å². The van der Waals surface area contributed by atoms with Crippen LogP contribution in [0.15, 0.2) is 66.7 Å². The summed E-state index contributed by atoms with van der Waals surface area (Å²) in [5, 5.41) is 6.36. The minimum atomic E-state index is -0.000472. The molecule has 1 fully saturated rings. The summed E-state index contributed by atoms with van der Waals surface area (Å²) in [5.41, 5.74) is 1.86. The Hall–Kier alpha value is -3.45. The first-order valence-electron chi connectivity index (χ1n) is 11.7. The number of amides is 1. The molecule has 0 atom stereocenters. The van der Waals surface area contributed by atoms with Gasteiger partial charge in [0.2, 0.25) is 5.13 Å². The van der Waals surface area contributed by atoms with Crippen molar-refractivity contribution in [2.45, 2.75) is 19.3 Å². The van der Waals surface area contributed by atoms with Crippen LogP contribution in [0.3, 0.4) is 0 Å². The maximum absolute atomic E-state index is 12.7. The monoisotopic (exact) mass is 472 g/mol. The third-order valence-electron chi connectivity index (χ3n) is 6.40. The number of hydrogen-bond donors (Lipinski definition) is 1. The van der Waals surface area contributed by atoms with Gasteiger partial charge in [-0.1, -0.05) is 42.5 Å². The third-order valence-corrected chi connectivity index (χ3v) is 7.22. The SMILES string of the molecule is COc1cccc(Cc2nsc(N3CCC(CNC(=O)c4ccc5ccccc5c4)CC3)n2)c1. The van der Waals surface area contributed by atoms with Crippen molar-refractivity contribution in [3.63, 3.8) is 0 Å². The van der Waals surface area contributed by atoms with Crippen LogP contribution in [0.5, 0.6) is 5.75 Å². The van der Waals surface area contributed by atoms with Gasteiger partial charge in [0.15, 0.2) is 0 Å². The zero-order chi connectivity index (χ0) is 23.3. The molecule has 1 aromatic heterocycles. The molecule has 4 aromatic rings. The largest absolute Gasteiger partial charge is 0.497 e. The standard InChI is InChI=1S/C27H28N4O2S/c1-33-24-8-4-5-20(15-24)16-25-29-27(34-30-25)31-13-11-19(12-14-31)18-28-26(32)23-10-9-21-6-2-3-7-22(21)17-23/h2-10,15,17,19H,11-14,16,18H2,1H3,(H,28,32). The minimum absolute atomic E-state index is 0.000472. The average molecular weight is 473 g/mol. The lowest BCUT2D eigenvalue weighted by atomic mass is 9.97. The van der Waals surface area contributed by atoms with E-state index in [-0.39, 0.29) is 5.91 Å². The van der Waals surface area contributed by atoms with E-state index in [4.69, 9.17) is 9.72 Å². The summed E-state index contributed by atoms with van der Waals surface area (Å²) in [6.07, 6.45) is 2.76. The van der Waals surface area contributed by atoms with Crippen molar-refractivity contribution in [3.05, 3.63) is 83.7 Å². The van der Waals surface area contributed by atoms with Gasteiger partial charge >= 0.3 is 0 Å². The highest BCUT2D eigenvalue weighted by atomic mass is 32.1. The van der Waals surface area contributed by atoms with E-state index in [0.717, 1.165) is 59.0 Å². The van der Waals surface area contributed by atoms with Gasteiger partial charge in [-0.3, -0.25) is 4.79 Å². The number of nitrogens with zero attached hydrogens (tertiary/aromatic N) is 3. The molecule has 0 bridgehead atoms. The molecule has 5 rings (SSSR count). The first-order valence-corrected chi connectivity index (χ1v) is 12.4. The van der Waals surface area contributed by atoms with Crippen LogP contribution in [0, 0.1) is 5.92 Å². The molecule has 3 aromatic carbocycles. The fourth-order valence-electron chi connectivity index (χ4n) is 4.41. The van der Waals surface area contributed by atoms with E-state index in [9.17, 15) is 4.79 Å². The summed E-state index contributed by atoms with van der Waals surface area (Å²) in [4.78, 5) is 19.7. The Bertz CT molecular complexity index is 1280. The van der Waals surface area contributed by atoms with Gasteiger partial charge in [-0.2, -0.15) is 4.37 Å². The maximum Gasteiger partial charge on any atom is 0.251 e. The highest BCUT2D eigenvalue weighted by molar-refractivity contribution is 7.09. The minimum Gasteiger partial charge on any atom is -0.497 e. The fourth-order valence-corrected chi connectivity index (χ4v) is 5.14. The lowest BCUT2D eigenvalue weighted by molar-refractivity contribution is 0.0945. The highest BCUT2D eigenvalue weighted by Crippen LogP contribution is 2.26. The summed E-state index contributed by atoms with van der Waals surface area (Å²) >= 11 is 1.47. The van der Waals surface area contributed by atoms with Crippen molar-refractivity contribution in [2.24, 2.45) is 5.92 Å². The Morgan fingerprint density at radius 3 is 2.71 bits per heavy atom. The van der Waals surface area contributed by atoms with Gasteiger partial charge in [-0.25, -0.2) is 4.98 Å². The predicted molar refractivity (Wildman–Crippen MR) is 137 cm³/mol. The van der Waals surface area contributed by atoms with Crippen LogP contribution in [-0.4, -0.2) is 42.0 Å². The van der Waals surface area contributed by atoms with Crippen molar-refractivity contribution in [1.29, 1.82) is 0 Å². The van der Waals surface area contributed by atoms with Crippen molar-refractivity contribution in [2.75, 3.05) is 31.6 Å². The Labute approximate surface area is 203 Å². The van der Waals surface area contributed by atoms with Crippen LogP contribution in [0.1, 0.15) is 34.6 Å². The summed E-state index contributed by atoms with van der Waals surface area (Å²) in [6.45, 7) is 2.57. The van der Waals surface area contributed by atoms with Crippen LogP contribution in [0.25, 0.3) is 10.8 Å². The number of hydrogen-bond acceptors (Lipinski definition) is 6. The third kappa shape index (κ3) is 5.20. The van der Waals surface area contributed by atoms with Crippen molar-refractivity contribution < 1.29 is 9.53 Å². The molecule has 7 heteroatoms. The van der Waals surface area contributed by atoms with Crippen LogP contribution in [-0.2, 0) is 6.42 Å². The quantitative estimate of drug-likeness (QED) is 0.413. The lowest BCUT2D eigenvalue weighted by Crippen LogP contribution is -2.38. The molecule has 0 radical (unpaired) electrons. The molecular weight excluding hydrogens is 444 g/mol. The second kappa shape index (κ2) is 10.2. The van der Waals surface area contributed by atoms with Crippen molar-refractivity contribution >= 4 is 33.3 Å². The Balaban J connectivity index is 1.11. The second-order valence-electron chi connectivity index (χ2n) is 8.72. The number of piperidine rings is 1. The maximum atomic E-state index is 12.7. The number of rotatable bonds is 7. The normalized spacial score (nSPS) is 14.3. The number of anilines is 1. The van der Waals surface area contributed by atoms with Gasteiger partial charge in [-0.05, 0) is 59.4 Å². The van der Waals surface area contributed by atoms with Gasteiger partial charge < -0.3 is 15.0 Å². The van der Waals surface area contributed by atoms with Crippen molar-refractivity contribution in [1.82, 2.24) is 14.7 Å². The number of nitrogens with one attached hydrogen (secondary N) is 1. The van der Waals surface area contributed by atoms with Gasteiger partial charge in [0.25, 0.3) is 5.91 Å². The number of carbonyl (C=O) groups excluding carboxylic acids is 1. The van der Waals surface area contributed by atoms with Crippen LogP contribution in [0.4, 0.5) is 5.13 Å². The molecular formula is C27H28N4O2S. The zero-order valence-electron chi connectivity index (χ0n) is 19.2. The second-order valence-corrected chi connectivity index (χ2v) is 9.45. The van der Waals surface area contributed by atoms with Crippen LogP contribution in [0.2, 0.25) is 0 Å². The van der Waals surface area contributed by atoms with Crippen molar-refractivity contribution in [3.8, 4) is 5.75 Å². The summed E-state index contributed by atoms with van der Waals surface area (Å²) in [5.74, 6) is 2.17. The van der Waals surface area contributed by atoms with Crippen LogP contribution >= 0.6 is 11.5 Å². The predicted octanol–water partition coefficient (Wildman–Crippen LogP) is 4.94. The topological polar surface area (TPSA) is 67.3 Å². The first kappa shape index (κ1) is 22.3. The highest BCUT2D eigenvalue weighted by Gasteiger charge is 2.22. The van der Waals surface area contributed by atoms with E-state index in [0.29, 0.717) is 24.4 Å². The number of methoxy groups -OCH3 is 1. The molecule has 0 saturated carbocycles.